The number of nitrogens with one attached hydrogen (secondary N) is 2. The molecule has 3 aromatic carbocycles. The predicted octanol–water partition coefficient (Wildman–Crippen LogP) is 4.81. The lowest BCUT2D eigenvalue weighted by Gasteiger charge is -2.08. The van der Waals surface area contributed by atoms with Gasteiger partial charge in [-0.3, -0.25) is 9.59 Å². The van der Waals surface area contributed by atoms with Gasteiger partial charge in [0.2, 0.25) is 5.91 Å². The molecule has 0 aliphatic heterocycles. The number of anilines is 1. The van der Waals surface area contributed by atoms with Crippen LogP contribution in [0.1, 0.15) is 28.4 Å². The standard InChI is InChI=1S/C23H19ClFN3O2/c1-15(27-28-22(29)12-16-8-10-19(24)11-9-16)17-4-3-7-21(14-17)26-23(30)18-5-2-6-20(25)13-18/h2-11,13-14H,12H2,1H3,(H,26,30)(H,28,29)/b27-15+. The zero-order valence-electron chi connectivity index (χ0n) is 16.2. The molecule has 0 atom stereocenters. The maximum absolute atomic E-state index is 13.3. The Kier molecular flexibility index (Phi) is 6.93. The Labute approximate surface area is 178 Å². The van der Waals surface area contributed by atoms with E-state index in [-0.39, 0.29) is 17.9 Å². The van der Waals surface area contributed by atoms with Crippen molar-refractivity contribution in [2.24, 2.45) is 5.10 Å². The van der Waals surface area contributed by atoms with Crippen molar-refractivity contribution in [1.29, 1.82) is 0 Å². The highest BCUT2D eigenvalue weighted by molar-refractivity contribution is 6.30. The zero-order chi connectivity index (χ0) is 21.5. The second kappa shape index (κ2) is 9.80. The molecule has 2 N–H and O–H groups in total. The number of hydrazone groups is 1. The van der Waals surface area contributed by atoms with Gasteiger partial charge in [-0.15, -0.1) is 0 Å². The van der Waals surface area contributed by atoms with Gasteiger partial charge in [0, 0.05) is 16.3 Å². The lowest BCUT2D eigenvalue weighted by molar-refractivity contribution is -0.120. The van der Waals surface area contributed by atoms with E-state index in [1.807, 2.05) is 6.07 Å². The SMILES string of the molecule is C/C(=N\NC(=O)Cc1ccc(Cl)cc1)c1cccc(NC(=O)c2cccc(F)c2)c1. The first-order chi connectivity index (χ1) is 14.4. The molecule has 0 aliphatic rings. The van der Waals surface area contributed by atoms with Gasteiger partial charge >= 0.3 is 0 Å². The van der Waals surface area contributed by atoms with Crippen molar-refractivity contribution >= 4 is 34.8 Å². The molecule has 0 spiro atoms. The van der Waals surface area contributed by atoms with Crippen LogP contribution in [0.3, 0.4) is 0 Å². The fourth-order valence-electron chi connectivity index (χ4n) is 2.69. The molecule has 3 aromatic rings. The topological polar surface area (TPSA) is 70.6 Å². The number of benzene rings is 3. The molecular weight excluding hydrogens is 405 g/mol. The lowest BCUT2D eigenvalue weighted by Crippen LogP contribution is -2.21. The van der Waals surface area contributed by atoms with E-state index in [0.717, 1.165) is 11.1 Å². The maximum atomic E-state index is 13.3. The molecule has 2 amide bonds. The molecule has 0 aliphatic carbocycles. The number of carbonyl (C=O) groups excluding carboxylic acids is 2. The average molecular weight is 424 g/mol. The van der Waals surface area contributed by atoms with E-state index in [1.54, 1.807) is 49.4 Å². The van der Waals surface area contributed by atoms with Gasteiger partial charge in [0.1, 0.15) is 5.82 Å². The van der Waals surface area contributed by atoms with E-state index in [4.69, 9.17) is 11.6 Å². The summed E-state index contributed by atoms with van der Waals surface area (Å²) in [4.78, 5) is 24.4. The molecule has 0 bridgehead atoms. The number of amides is 2. The molecule has 152 valence electrons. The summed E-state index contributed by atoms with van der Waals surface area (Å²) < 4.78 is 13.3. The minimum absolute atomic E-state index is 0.178. The number of rotatable bonds is 6. The summed E-state index contributed by atoms with van der Waals surface area (Å²) >= 11 is 5.84. The Morgan fingerprint density at radius 1 is 0.967 bits per heavy atom. The van der Waals surface area contributed by atoms with Crippen molar-refractivity contribution in [3.63, 3.8) is 0 Å². The molecule has 0 unspecified atom stereocenters. The van der Waals surface area contributed by atoms with Gasteiger partial charge in [-0.2, -0.15) is 5.10 Å². The normalized spacial score (nSPS) is 11.1. The van der Waals surface area contributed by atoms with Gasteiger partial charge in [-0.25, -0.2) is 9.82 Å². The zero-order valence-corrected chi connectivity index (χ0v) is 16.9. The van der Waals surface area contributed by atoms with E-state index < -0.39 is 11.7 Å². The first-order valence-electron chi connectivity index (χ1n) is 9.15. The van der Waals surface area contributed by atoms with Crippen LogP contribution in [0.5, 0.6) is 0 Å². The predicted molar refractivity (Wildman–Crippen MR) is 116 cm³/mol. The highest BCUT2D eigenvalue weighted by atomic mass is 35.5. The van der Waals surface area contributed by atoms with E-state index in [2.05, 4.69) is 15.8 Å². The Balaban J connectivity index is 1.63. The first kappa shape index (κ1) is 21.2. The smallest absolute Gasteiger partial charge is 0.255 e. The molecule has 0 aromatic heterocycles. The molecular formula is C23H19ClFN3O2. The lowest BCUT2D eigenvalue weighted by atomic mass is 10.1. The molecule has 0 saturated carbocycles. The molecule has 0 heterocycles. The Hall–Kier alpha value is -3.51. The molecule has 7 heteroatoms. The summed E-state index contributed by atoms with van der Waals surface area (Å²) in [6.45, 7) is 1.75. The van der Waals surface area contributed by atoms with Crippen molar-refractivity contribution in [3.05, 3.63) is 100 Å². The third kappa shape index (κ3) is 5.99. The molecule has 0 fully saturated rings. The second-order valence-electron chi connectivity index (χ2n) is 6.58. The summed E-state index contributed by atoms with van der Waals surface area (Å²) in [5.41, 5.74) is 5.39. The maximum Gasteiger partial charge on any atom is 0.255 e. The van der Waals surface area contributed by atoms with Gasteiger partial charge in [0.25, 0.3) is 5.91 Å². The third-order valence-corrected chi connectivity index (χ3v) is 4.50. The number of carbonyl (C=O) groups is 2. The van der Waals surface area contributed by atoms with Gasteiger partial charge < -0.3 is 5.32 Å². The quantitative estimate of drug-likeness (QED) is 0.441. The summed E-state index contributed by atoms with van der Waals surface area (Å²) in [5.74, 6) is -1.15. The number of hydrogen-bond acceptors (Lipinski definition) is 3. The largest absolute Gasteiger partial charge is 0.322 e. The fraction of sp³-hybridized carbons (Fsp3) is 0.0870. The molecule has 0 saturated heterocycles. The van der Waals surface area contributed by atoms with Gasteiger partial charge in [-0.05, 0) is 60.5 Å². The van der Waals surface area contributed by atoms with Crippen molar-refractivity contribution in [2.75, 3.05) is 5.32 Å². The Morgan fingerprint density at radius 3 is 2.40 bits per heavy atom. The van der Waals surface area contributed by atoms with Crippen LogP contribution >= 0.6 is 11.6 Å². The fourth-order valence-corrected chi connectivity index (χ4v) is 2.82. The summed E-state index contributed by atoms with van der Waals surface area (Å²) in [6, 6.07) is 19.5. The Morgan fingerprint density at radius 2 is 1.67 bits per heavy atom. The minimum Gasteiger partial charge on any atom is -0.322 e. The van der Waals surface area contributed by atoms with Crippen LogP contribution in [0, 0.1) is 5.82 Å². The highest BCUT2D eigenvalue weighted by Crippen LogP contribution is 2.14. The molecule has 30 heavy (non-hydrogen) atoms. The van der Waals surface area contributed by atoms with Gasteiger partial charge in [0.15, 0.2) is 0 Å². The van der Waals surface area contributed by atoms with E-state index in [9.17, 15) is 14.0 Å². The van der Waals surface area contributed by atoms with Crippen molar-refractivity contribution in [3.8, 4) is 0 Å². The number of halogens is 2. The van der Waals surface area contributed by atoms with Crippen LogP contribution in [0.15, 0.2) is 77.9 Å². The van der Waals surface area contributed by atoms with Crippen molar-refractivity contribution in [2.45, 2.75) is 13.3 Å². The van der Waals surface area contributed by atoms with E-state index in [0.29, 0.717) is 16.4 Å². The molecule has 0 radical (unpaired) electrons. The van der Waals surface area contributed by atoms with Gasteiger partial charge in [0.05, 0.1) is 12.1 Å². The van der Waals surface area contributed by atoms with Crippen LogP contribution in [-0.4, -0.2) is 17.5 Å². The summed E-state index contributed by atoms with van der Waals surface area (Å²) in [5, 5.41) is 7.46. The monoisotopic (exact) mass is 423 g/mol. The van der Waals surface area contributed by atoms with Crippen LogP contribution in [0.25, 0.3) is 0 Å². The van der Waals surface area contributed by atoms with E-state index in [1.165, 1.54) is 24.3 Å². The molecule has 5 nitrogen and oxygen atoms in total. The Bertz CT molecular complexity index is 1100. The van der Waals surface area contributed by atoms with Crippen molar-refractivity contribution in [1.82, 2.24) is 5.43 Å². The van der Waals surface area contributed by atoms with Crippen molar-refractivity contribution < 1.29 is 14.0 Å². The number of nitrogens with zero attached hydrogens (tertiary/aromatic N) is 1. The van der Waals surface area contributed by atoms with Crippen LogP contribution < -0.4 is 10.7 Å². The average Bonchev–Trinajstić information content (AvgIpc) is 2.74. The summed E-state index contributed by atoms with van der Waals surface area (Å²) in [7, 11) is 0. The second-order valence-corrected chi connectivity index (χ2v) is 7.02. The van der Waals surface area contributed by atoms with Gasteiger partial charge in [-0.1, -0.05) is 41.9 Å². The minimum atomic E-state index is -0.478. The van der Waals surface area contributed by atoms with Crippen LogP contribution in [-0.2, 0) is 11.2 Å². The highest BCUT2D eigenvalue weighted by Gasteiger charge is 2.08. The van der Waals surface area contributed by atoms with E-state index >= 15 is 0 Å². The molecule has 3 rings (SSSR count). The summed E-state index contributed by atoms with van der Waals surface area (Å²) in [6.07, 6.45) is 0.178. The third-order valence-electron chi connectivity index (χ3n) is 4.25. The van der Waals surface area contributed by atoms with Crippen LogP contribution in [0.2, 0.25) is 5.02 Å². The van der Waals surface area contributed by atoms with Crippen LogP contribution in [0.4, 0.5) is 10.1 Å². The number of hydrogen-bond donors (Lipinski definition) is 2. The first-order valence-corrected chi connectivity index (χ1v) is 9.53.